The molecule has 1 saturated heterocycles. The highest BCUT2D eigenvalue weighted by Gasteiger charge is 2.50. The molecule has 1 N–H and O–H groups in total. The molecule has 0 aliphatic carbocycles. The van der Waals surface area contributed by atoms with Gasteiger partial charge in [-0.1, -0.05) is 53.7 Å². The molecule has 2 unspecified atom stereocenters. The lowest BCUT2D eigenvalue weighted by atomic mass is 9.68. The summed E-state index contributed by atoms with van der Waals surface area (Å²) in [5.74, 6) is -0.406. The highest BCUT2D eigenvalue weighted by Crippen LogP contribution is 2.48. The van der Waals surface area contributed by atoms with Crippen LogP contribution in [0.5, 0.6) is 5.75 Å². The quantitative estimate of drug-likeness (QED) is 0.293. The molecule has 0 spiro atoms. The van der Waals surface area contributed by atoms with Crippen molar-refractivity contribution < 1.29 is 32.2 Å². The van der Waals surface area contributed by atoms with Crippen LogP contribution in [0.2, 0.25) is 18.1 Å². The van der Waals surface area contributed by atoms with Gasteiger partial charge >= 0.3 is 12.5 Å². The maximum Gasteiger partial charge on any atom is 0.573 e. The van der Waals surface area contributed by atoms with Gasteiger partial charge in [0.15, 0.2) is 8.32 Å². The highest BCUT2D eigenvalue weighted by atomic mass is 28.4. The van der Waals surface area contributed by atoms with Crippen LogP contribution in [0.15, 0.2) is 36.7 Å². The van der Waals surface area contributed by atoms with Gasteiger partial charge in [0.2, 0.25) is 0 Å². The van der Waals surface area contributed by atoms with Crippen LogP contribution in [-0.2, 0) is 18.1 Å². The average Bonchev–Trinajstić information content (AvgIpc) is 3.16. The highest BCUT2D eigenvalue weighted by molar-refractivity contribution is 6.74. The summed E-state index contributed by atoms with van der Waals surface area (Å²) in [6.07, 6.45) is -4.01. The first-order valence-corrected chi connectivity index (χ1v) is 16.6. The zero-order valence-electron chi connectivity index (χ0n) is 25.2. The number of imidazole rings is 1. The third-order valence-corrected chi connectivity index (χ3v) is 13.0. The van der Waals surface area contributed by atoms with Crippen molar-refractivity contribution in [2.24, 2.45) is 12.5 Å². The minimum absolute atomic E-state index is 0.0105. The van der Waals surface area contributed by atoms with Gasteiger partial charge in [-0.05, 0) is 52.9 Å². The monoisotopic (exact) mass is 591 g/mol. The van der Waals surface area contributed by atoms with Crippen LogP contribution in [0.25, 0.3) is 22.2 Å². The lowest BCUT2D eigenvalue weighted by molar-refractivity contribution is -0.274. The molecular formula is C30H40F3N3O4Si. The van der Waals surface area contributed by atoms with Crippen molar-refractivity contribution in [3.63, 3.8) is 0 Å². The number of hydrogen-bond donors (Lipinski definition) is 1. The van der Waals surface area contributed by atoms with Gasteiger partial charge in [-0.3, -0.25) is 0 Å². The van der Waals surface area contributed by atoms with E-state index in [0.717, 1.165) is 22.2 Å². The fourth-order valence-electron chi connectivity index (χ4n) is 5.48. The van der Waals surface area contributed by atoms with Crippen LogP contribution in [0, 0.1) is 5.41 Å². The number of carbonyl (C=O) groups is 1. The molecule has 1 fully saturated rings. The Morgan fingerprint density at radius 1 is 1.10 bits per heavy atom. The van der Waals surface area contributed by atoms with Crippen molar-refractivity contribution in [2.45, 2.75) is 84.6 Å². The Morgan fingerprint density at radius 2 is 1.71 bits per heavy atom. The second-order valence-corrected chi connectivity index (χ2v) is 18.3. The van der Waals surface area contributed by atoms with E-state index in [1.54, 1.807) is 18.5 Å². The number of ether oxygens (including phenoxy) is 1. The standard InChI is InChI=1S/C30H40F3N3O4Si/c1-28(2,3)26-22(15-36(26)27(37)38)21-14-20(18-10-12-19(13-11-18)40-30(31,32)33)24-25(35(7)17-34-24)23(21)16-39-41(8,9)29(4,5)6/h10-14,17,22,26H,15-16H2,1-9H3,(H,37,38). The van der Waals surface area contributed by atoms with Crippen molar-refractivity contribution in [3.8, 4) is 16.9 Å². The Labute approximate surface area is 240 Å². The van der Waals surface area contributed by atoms with Crippen molar-refractivity contribution in [2.75, 3.05) is 6.54 Å². The minimum atomic E-state index is -4.78. The second-order valence-electron chi connectivity index (χ2n) is 13.5. The number of carboxylic acid groups (broad SMARTS) is 1. The van der Waals surface area contributed by atoms with E-state index in [9.17, 15) is 23.1 Å². The Bertz CT molecular complexity index is 1440. The Morgan fingerprint density at radius 3 is 2.22 bits per heavy atom. The SMILES string of the molecule is Cn1cnc2c(-c3ccc(OC(F)(F)F)cc3)cc(C3CN(C(=O)O)C3C(C)(C)C)c(CO[Si](C)(C)C(C)(C)C)c21. The van der Waals surface area contributed by atoms with E-state index in [1.165, 1.54) is 17.0 Å². The van der Waals surface area contributed by atoms with Gasteiger partial charge in [-0.15, -0.1) is 13.2 Å². The van der Waals surface area contributed by atoms with Crippen molar-refractivity contribution >= 4 is 25.4 Å². The molecule has 2 aromatic carbocycles. The molecule has 11 heteroatoms. The van der Waals surface area contributed by atoms with E-state index in [4.69, 9.17) is 4.43 Å². The summed E-state index contributed by atoms with van der Waals surface area (Å²) in [6, 6.07) is 7.52. The number of likely N-dealkylation sites (tertiary alicyclic amines) is 1. The van der Waals surface area contributed by atoms with Crippen molar-refractivity contribution in [3.05, 3.63) is 47.8 Å². The Kier molecular flexibility index (Phi) is 7.79. The van der Waals surface area contributed by atoms with Crippen LogP contribution < -0.4 is 4.74 Å². The smallest absolute Gasteiger partial charge is 0.465 e. The molecule has 2 atom stereocenters. The van der Waals surface area contributed by atoms with Gasteiger partial charge < -0.3 is 23.7 Å². The van der Waals surface area contributed by atoms with E-state index < -0.39 is 20.8 Å². The van der Waals surface area contributed by atoms with Gasteiger partial charge in [0, 0.05) is 36.7 Å². The Hall–Kier alpha value is -3.05. The Balaban J connectivity index is 1.91. The molecule has 2 heterocycles. The molecule has 7 nitrogen and oxygen atoms in total. The van der Waals surface area contributed by atoms with Gasteiger partial charge in [0.05, 0.1) is 24.0 Å². The average molecular weight is 592 g/mol. The first kappa shape index (κ1) is 30.9. The van der Waals surface area contributed by atoms with Crippen molar-refractivity contribution in [1.82, 2.24) is 14.5 Å². The zero-order valence-corrected chi connectivity index (χ0v) is 26.2. The summed E-state index contributed by atoms with van der Waals surface area (Å²) in [5, 5.41) is 9.91. The molecule has 4 rings (SSSR count). The van der Waals surface area contributed by atoms with Crippen LogP contribution in [0.3, 0.4) is 0 Å². The van der Waals surface area contributed by atoms with Crippen LogP contribution in [0.4, 0.5) is 18.0 Å². The van der Waals surface area contributed by atoms with Crippen LogP contribution in [-0.4, -0.2) is 52.9 Å². The minimum Gasteiger partial charge on any atom is -0.465 e. The number of benzene rings is 2. The van der Waals surface area contributed by atoms with E-state index in [1.807, 2.05) is 38.5 Å². The third-order valence-electron chi connectivity index (χ3n) is 8.55. The van der Waals surface area contributed by atoms with E-state index >= 15 is 0 Å². The number of rotatable bonds is 6. The molecule has 1 aliphatic heterocycles. The summed E-state index contributed by atoms with van der Waals surface area (Å²) in [6.45, 7) is 17.7. The molecule has 0 saturated carbocycles. The lowest BCUT2D eigenvalue weighted by Crippen LogP contribution is -2.62. The molecule has 0 radical (unpaired) electrons. The number of halogens is 3. The number of fused-ring (bicyclic) bond motifs is 1. The predicted molar refractivity (Wildman–Crippen MR) is 156 cm³/mol. The normalized spacial score (nSPS) is 18.5. The van der Waals surface area contributed by atoms with E-state index in [2.05, 4.69) is 43.6 Å². The number of amides is 1. The first-order chi connectivity index (χ1) is 18.7. The van der Waals surface area contributed by atoms with Gasteiger partial charge in [-0.25, -0.2) is 9.78 Å². The molecule has 224 valence electrons. The maximum atomic E-state index is 12.8. The number of alkyl halides is 3. The predicted octanol–water partition coefficient (Wildman–Crippen LogP) is 8.15. The maximum absolute atomic E-state index is 12.8. The topological polar surface area (TPSA) is 76.8 Å². The summed E-state index contributed by atoms with van der Waals surface area (Å²) in [5.41, 5.74) is 4.62. The van der Waals surface area contributed by atoms with Crippen LogP contribution in [0.1, 0.15) is 58.6 Å². The van der Waals surface area contributed by atoms with Crippen molar-refractivity contribution in [1.29, 1.82) is 0 Å². The van der Waals surface area contributed by atoms with Gasteiger partial charge in [-0.2, -0.15) is 0 Å². The third kappa shape index (κ3) is 6.11. The summed E-state index contributed by atoms with van der Waals surface area (Å²) in [7, 11) is -0.243. The number of hydrogen-bond acceptors (Lipinski definition) is 4. The largest absolute Gasteiger partial charge is 0.573 e. The zero-order chi connectivity index (χ0) is 30.7. The van der Waals surface area contributed by atoms with E-state index in [0.29, 0.717) is 24.2 Å². The molecule has 0 bridgehead atoms. The fraction of sp³-hybridized carbons (Fsp3) is 0.533. The second kappa shape index (κ2) is 10.3. The molecule has 41 heavy (non-hydrogen) atoms. The fourth-order valence-corrected chi connectivity index (χ4v) is 6.42. The first-order valence-electron chi connectivity index (χ1n) is 13.7. The summed E-state index contributed by atoms with van der Waals surface area (Å²) < 4.78 is 51.0. The van der Waals surface area contributed by atoms with Gasteiger partial charge in [0.1, 0.15) is 5.75 Å². The summed E-state index contributed by atoms with van der Waals surface area (Å²) in [4.78, 5) is 18.3. The van der Waals surface area contributed by atoms with E-state index in [-0.39, 0.29) is 28.2 Å². The molecule has 1 aromatic heterocycles. The lowest BCUT2D eigenvalue weighted by Gasteiger charge is -2.53. The van der Waals surface area contributed by atoms with Gasteiger partial charge in [0.25, 0.3) is 0 Å². The molecule has 1 amide bonds. The number of aryl methyl sites for hydroxylation is 1. The molecule has 3 aromatic rings. The number of aromatic nitrogens is 2. The molecule has 1 aliphatic rings. The number of nitrogens with zero attached hydrogens (tertiary/aromatic N) is 3. The summed E-state index contributed by atoms with van der Waals surface area (Å²) >= 11 is 0. The van der Waals surface area contributed by atoms with Crippen LogP contribution >= 0.6 is 0 Å². The molecular weight excluding hydrogens is 551 g/mol.